The first kappa shape index (κ1) is 18.7. The highest BCUT2D eigenvalue weighted by Gasteiger charge is 2.25. The van der Waals surface area contributed by atoms with E-state index in [9.17, 15) is 4.79 Å². The second-order valence-corrected chi connectivity index (χ2v) is 8.32. The van der Waals surface area contributed by atoms with Crippen LogP contribution in [0.5, 0.6) is 0 Å². The maximum atomic E-state index is 13.0. The number of rotatable bonds is 3. The minimum Gasteiger partial charge on any atom is -0.443 e. The van der Waals surface area contributed by atoms with Gasteiger partial charge in [0, 0.05) is 3.57 Å². The fraction of sp³-hybridized carbons (Fsp3) is 0.227. The average Bonchev–Trinajstić information content (AvgIpc) is 2.59. The lowest BCUT2D eigenvalue weighted by Gasteiger charge is -2.28. The molecule has 0 heterocycles. The topological polar surface area (TPSA) is 29.5 Å². The van der Waals surface area contributed by atoms with Gasteiger partial charge in [0.15, 0.2) is 0 Å². The van der Waals surface area contributed by atoms with Gasteiger partial charge in [-0.05, 0) is 71.8 Å². The van der Waals surface area contributed by atoms with Gasteiger partial charge in [-0.25, -0.2) is 4.79 Å². The van der Waals surface area contributed by atoms with Crippen molar-refractivity contribution in [3.63, 3.8) is 0 Å². The van der Waals surface area contributed by atoms with Crippen LogP contribution in [0.1, 0.15) is 26.3 Å². The van der Waals surface area contributed by atoms with Gasteiger partial charge >= 0.3 is 6.09 Å². The van der Waals surface area contributed by atoms with E-state index in [2.05, 4.69) is 46.9 Å². The van der Waals surface area contributed by atoms with Gasteiger partial charge in [-0.15, -0.1) is 0 Å². The van der Waals surface area contributed by atoms with Gasteiger partial charge < -0.3 is 4.74 Å². The molecule has 26 heavy (non-hydrogen) atoms. The zero-order chi connectivity index (χ0) is 18.7. The Morgan fingerprint density at radius 3 is 2.35 bits per heavy atom. The van der Waals surface area contributed by atoms with Gasteiger partial charge in [-0.2, -0.15) is 0 Å². The van der Waals surface area contributed by atoms with Crippen LogP contribution < -0.4 is 4.90 Å². The van der Waals surface area contributed by atoms with E-state index in [0.29, 0.717) is 6.54 Å². The number of halogens is 1. The summed E-state index contributed by atoms with van der Waals surface area (Å²) >= 11 is 2.26. The quantitative estimate of drug-likeness (QED) is 0.425. The van der Waals surface area contributed by atoms with Crippen molar-refractivity contribution in [2.45, 2.75) is 32.9 Å². The Morgan fingerprint density at radius 2 is 1.62 bits per heavy atom. The van der Waals surface area contributed by atoms with Crippen LogP contribution in [0.15, 0.2) is 66.7 Å². The molecule has 0 atom stereocenters. The average molecular weight is 459 g/mol. The smallest absolute Gasteiger partial charge is 0.415 e. The number of hydrogen-bond donors (Lipinski definition) is 0. The molecule has 0 unspecified atom stereocenters. The first-order valence-corrected chi connectivity index (χ1v) is 9.65. The van der Waals surface area contributed by atoms with Gasteiger partial charge in [0.1, 0.15) is 5.60 Å². The summed E-state index contributed by atoms with van der Waals surface area (Å²) in [5.74, 6) is 0. The third-order valence-electron chi connectivity index (χ3n) is 3.97. The van der Waals surface area contributed by atoms with E-state index >= 15 is 0 Å². The normalized spacial score (nSPS) is 11.4. The van der Waals surface area contributed by atoms with E-state index in [-0.39, 0.29) is 6.09 Å². The maximum absolute atomic E-state index is 13.0. The number of hydrogen-bond acceptors (Lipinski definition) is 2. The molecule has 3 nitrogen and oxygen atoms in total. The molecule has 0 spiro atoms. The second kappa shape index (κ2) is 7.66. The van der Waals surface area contributed by atoms with E-state index in [1.54, 1.807) is 4.90 Å². The van der Waals surface area contributed by atoms with Crippen LogP contribution in [-0.4, -0.2) is 11.7 Å². The minimum absolute atomic E-state index is 0.338. The SMILES string of the molecule is CC(C)(C)OC(=O)N(Cc1cccc2ccccc12)c1ccccc1I. The molecule has 0 fully saturated rings. The highest BCUT2D eigenvalue weighted by atomic mass is 127. The van der Waals surface area contributed by atoms with Gasteiger partial charge in [-0.3, -0.25) is 4.90 Å². The summed E-state index contributed by atoms with van der Waals surface area (Å²) in [6.07, 6.45) is -0.338. The molecule has 0 radical (unpaired) electrons. The predicted molar refractivity (Wildman–Crippen MR) is 116 cm³/mol. The van der Waals surface area contributed by atoms with E-state index in [0.717, 1.165) is 25.6 Å². The van der Waals surface area contributed by atoms with Gasteiger partial charge in [0.05, 0.1) is 12.2 Å². The summed E-state index contributed by atoms with van der Waals surface area (Å²) in [7, 11) is 0. The number of para-hydroxylation sites is 1. The minimum atomic E-state index is -0.547. The maximum Gasteiger partial charge on any atom is 0.415 e. The monoisotopic (exact) mass is 459 g/mol. The fourth-order valence-corrected chi connectivity index (χ4v) is 3.52. The summed E-state index contributed by atoms with van der Waals surface area (Å²) in [6, 6.07) is 22.3. The van der Waals surface area contributed by atoms with E-state index < -0.39 is 5.60 Å². The van der Waals surface area contributed by atoms with Crippen molar-refractivity contribution in [2.75, 3.05) is 4.90 Å². The highest BCUT2D eigenvalue weighted by Crippen LogP contribution is 2.28. The molecular weight excluding hydrogens is 437 g/mol. The summed E-state index contributed by atoms with van der Waals surface area (Å²) in [4.78, 5) is 14.7. The van der Waals surface area contributed by atoms with Crippen molar-refractivity contribution in [2.24, 2.45) is 0 Å². The molecule has 3 aromatic carbocycles. The third-order valence-corrected chi connectivity index (χ3v) is 4.88. The van der Waals surface area contributed by atoms with Crippen LogP contribution >= 0.6 is 22.6 Å². The Labute approximate surface area is 168 Å². The molecule has 0 N–H and O–H groups in total. The van der Waals surface area contributed by atoms with Crippen molar-refractivity contribution in [1.29, 1.82) is 0 Å². The molecular formula is C22H22INO2. The van der Waals surface area contributed by atoms with Crippen LogP contribution in [-0.2, 0) is 11.3 Å². The molecule has 0 saturated heterocycles. The molecule has 0 saturated carbocycles. The first-order chi connectivity index (χ1) is 12.3. The standard InChI is InChI=1S/C22H22INO2/c1-22(2,3)26-21(25)24(20-14-7-6-13-19(20)23)15-17-11-8-10-16-9-4-5-12-18(16)17/h4-14H,15H2,1-3H3. The first-order valence-electron chi connectivity index (χ1n) is 8.57. The Kier molecular flexibility index (Phi) is 5.51. The summed E-state index contributed by atoms with van der Waals surface area (Å²) in [5.41, 5.74) is 1.40. The highest BCUT2D eigenvalue weighted by molar-refractivity contribution is 14.1. The Hall–Kier alpha value is -2.08. The van der Waals surface area contributed by atoms with Crippen LogP contribution in [0.3, 0.4) is 0 Å². The number of fused-ring (bicyclic) bond motifs is 1. The van der Waals surface area contributed by atoms with Crippen molar-refractivity contribution in [1.82, 2.24) is 0 Å². The van der Waals surface area contributed by atoms with Crippen LogP contribution in [0.25, 0.3) is 10.8 Å². The van der Waals surface area contributed by atoms with E-state index in [1.165, 1.54) is 0 Å². The largest absolute Gasteiger partial charge is 0.443 e. The molecule has 1 amide bonds. The van der Waals surface area contributed by atoms with Crippen LogP contribution in [0, 0.1) is 3.57 Å². The molecule has 3 rings (SSSR count). The zero-order valence-corrected chi connectivity index (χ0v) is 17.4. The molecule has 134 valence electrons. The molecule has 0 bridgehead atoms. The predicted octanol–water partition coefficient (Wildman–Crippen LogP) is 6.39. The lowest BCUT2D eigenvalue weighted by Crippen LogP contribution is -2.37. The third kappa shape index (κ3) is 4.36. The van der Waals surface area contributed by atoms with Crippen molar-refractivity contribution >= 4 is 45.1 Å². The van der Waals surface area contributed by atoms with Gasteiger partial charge in [0.25, 0.3) is 0 Å². The fourth-order valence-electron chi connectivity index (χ4n) is 2.84. The molecule has 4 heteroatoms. The van der Waals surface area contributed by atoms with Gasteiger partial charge in [0.2, 0.25) is 0 Å². The molecule has 0 aliphatic carbocycles. The summed E-state index contributed by atoms with van der Waals surface area (Å²) < 4.78 is 6.69. The lowest BCUT2D eigenvalue weighted by molar-refractivity contribution is 0.0577. The lowest BCUT2D eigenvalue weighted by atomic mass is 10.0. The number of anilines is 1. The van der Waals surface area contributed by atoms with Crippen molar-refractivity contribution in [3.8, 4) is 0 Å². The summed E-state index contributed by atoms with van der Waals surface area (Å²) in [6.45, 7) is 6.11. The van der Waals surface area contributed by atoms with Crippen molar-refractivity contribution < 1.29 is 9.53 Å². The number of amides is 1. The Bertz CT molecular complexity index is 925. The number of nitrogens with zero attached hydrogens (tertiary/aromatic N) is 1. The number of carbonyl (C=O) groups is 1. The Morgan fingerprint density at radius 1 is 0.962 bits per heavy atom. The number of ether oxygens (including phenoxy) is 1. The molecule has 0 aliphatic rings. The summed E-state index contributed by atoms with van der Waals surface area (Å²) in [5, 5.41) is 2.31. The molecule has 0 aromatic heterocycles. The van der Waals surface area contributed by atoms with Crippen molar-refractivity contribution in [3.05, 3.63) is 75.9 Å². The van der Waals surface area contributed by atoms with E-state index in [4.69, 9.17) is 4.74 Å². The second-order valence-electron chi connectivity index (χ2n) is 7.16. The van der Waals surface area contributed by atoms with Gasteiger partial charge in [-0.1, -0.05) is 54.6 Å². The van der Waals surface area contributed by atoms with Crippen LogP contribution in [0.4, 0.5) is 10.5 Å². The van der Waals surface area contributed by atoms with E-state index in [1.807, 2.05) is 63.2 Å². The molecule has 3 aromatic rings. The number of carbonyl (C=O) groups excluding carboxylic acids is 1. The van der Waals surface area contributed by atoms with Crippen LogP contribution in [0.2, 0.25) is 0 Å². The number of benzene rings is 3. The zero-order valence-electron chi connectivity index (χ0n) is 15.2. The molecule has 0 aliphatic heterocycles. The Balaban J connectivity index is 2.03.